The van der Waals surface area contributed by atoms with Crippen LogP contribution in [0, 0.1) is 12.7 Å². The van der Waals surface area contributed by atoms with Gasteiger partial charge in [-0.05, 0) is 40.9 Å². The molecule has 0 saturated carbocycles. The molecule has 6 heteroatoms. The summed E-state index contributed by atoms with van der Waals surface area (Å²) in [6.07, 6.45) is 1.05. The van der Waals surface area contributed by atoms with Crippen LogP contribution in [0.15, 0.2) is 22.7 Å². The maximum atomic E-state index is 13.8. The molecular formula is C14H16BrClFN3. The Labute approximate surface area is 131 Å². The molecule has 0 spiro atoms. The lowest BCUT2D eigenvalue weighted by Gasteiger charge is -2.13. The summed E-state index contributed by atoms with van der Waals surface area (Å²) in [6, 6.07) is 4.78. The van der Waals surface area contributed by atoms with Gasteiger partial charge in [0.05, 0.1) is 20.9 Å². The molecule has 1 aromatic heterocycles. The van der Waals surface area contributed by atoms with Gasteiger partial charge >= 0.3 is 0 Å². The molecule has 0 bridgehead atoms. The maximum Gasteiger partial charge on any atom is 0.145 e. The number of aryl methyl sites for hydroxylation is 2. The maximum absolute atomic E-state index is 13.8. The largest absolute Gasteiger partial charge is 0.327 e. The highest BCUT2D eigenvalue weighted by Crippen LogP contribution is 2.23. The zero-order valence-corrected chi connectivity index (χ0v) is 13.7. The Hall–Kier alpha value is -0.910. The minimum atomic E-state index is -0.384. The Morgan fingerprint density at radius 1 is 1.45 bits per heavy atom. The smallest absolute Gasteiger partial charge is 0.145 e. The Morgan fingerprint density at radius 2 is 2.15 bits per heavy atom. The number of hydrogen-bond donors (Lipinski definition) is 1. The van der Waals surface area contributed by atoms with E-state index in [4.69, 9.17) is 17.3 Å². The van der Waals surface area contributed by atoms with Gasteiger partial charge < -0.3 is 5.73 Å². The van der Waals surface area contributed by atoms with E-state index in [0.29, 0.717) is 18.4 Å². The van der Waals surface area contributed by atoms with Gasteiger partial charge in [0.2, 0.25) is 0 Å². The number of hydrogen-bond acceptors (Lipinski definition) is 2. The molecule has 2 aromatic rings. The molecule has 0 radical (unpaired) electrons. The highest BCUT2D eigenvalue weighted by Gasteiger charge is 2.16. The van der Waals surface area contributed by atoms with Crippen LogP contribution in [0.4, 0.5) is 4.39 Å². The van der Waals surface area contributed by atoms with Crippen molar-refractivity contribution in [2.24, 2.45) is 12.8 Å². The number of nitrogens with two attached hydrogens (primary N) is 1. The molecular weight excluding hydrogens is 345 g/mol. The summed E-state index contributed by atoms with van der Waals surface area (Å²) in [7, 11) is 1.87. The van der Waals surface area contributed by atoms with Crippen molar-refractivity contribution in [2.45, 2.75) is 25.8 Å². The molecule has 2 N–H and O–H groups in total. The van der Waals surface area contributed by atoms with Crippen LogP contribution in [0.2, 0.25) is 5.02 Å². The zero-order chi connectivity index (χ0) is 14.9. The average molecular weight is 361 g/mol. The van der Waals surface area contributed by atoms with Crippen molar-refractivity contribution in [1.82, 2.24) is 9.78 Å². The zero-order valence-electron chi connectivity index (χ0n) is 11.3. The van der Waals surface area contributed by atoms with Gasteiger partial charge in [-0.2, -0.15) is 5.10 Å². The quantitative estimate of drug-likeness (QED) is 0.908. The fourth-order valence-electron chi connectivity index (χ4n) is 2.21. The van der Waals surface area contributed by atoms with E-state index in [9.17, 15) is 4.39 Å². The Balaban J connectivity index is 2.13. The van der Waals surface area contributed by atoms with E-state index >= 15 is 0 Å². The van der Waals surface area contributed by atoms with Crippen molar-refractivity contribution >= 4 is 27.5 Å². The van der Waals surface area contributed by atoms with E-state index in [2.05, 4.69) is 21.0 Å². The summed E-state index contributed by atoms with van der Waals surface area (Å²) >= 11 is 9.28. The summed E-state index contributed by atoms with van der Waals surface area (Å²) < 4.78 is 16.6. The number of nitrogens with zero attached hydrogens (tertiary/aromatic N) is 2. The van der Waals surface area contributed by atoms with Gasteiger partial charge in [-0.25, -0.2) is 4.39 Å². The van der Waals surface area contributed by atoms with Crippen molar-refractivity contribution < 1.29 is 4.39 Å². The minimum Gasteiger partial charge on any atom is -0.327 e. The van der Waals surface area contributed by atoms with Gasteiger partial charge in [0, 0.05) is 19.5 Å². The first-order valence-electron chi connectivity index (χ1n) is 6.26. The van der Waals surface area contributed by atoms with E-state index in [1.54, 1.807) is 16.8 Å². The molecule has 1 unspecified atom stereocenters. The average Bonchev–Trinajstić information content (AvgIpc) is 2.62. The van der Waals surface area contributed by atoms with Gasteiger partial charge in [-0.15, -0.1) is 0 Å². The third-order valence-corrected chi connectivity index (χ3v) is 4.55. The predicted octanol–water partition coefficient (Wildman–Crippen LogP) is 3.40. The second kappa shape index (κ2) is 6.24. The van der Waals surface area contributed by atoms with Crippen LogP contribution in [0.1, 0.15) is 17.0 Å². The number of halogens is 3. The molecule has 0 fully saturated rings. The van der Waals surface area contributed by atoms with Crippen molar-refractivity contribution in [3.05, 3.63) is 50.5 Å². The molecule has 0 aliphatic heterocycles. The predicted molar refractivity (Wildman–Crippen MR) is 82.4 cm³/mol. The molecule has 0 aliphatic carbocycles. The van der Waals surface area contributed by atoms with E-state index in [-0.39, 0.29) is 16.9 Å². The summed E-state index contributed by atoms with van der Waals surface area (Å²) in [5.74, 6) is -0.384. The van der Waals surface area contributed by atoms with Crippen LogP contribution in [-0.4, -0.2) is 15.8 Å². The number of benzene rings is 1. The lowest BCUT2D eigenvalue weighted by atomic mass is 10.0. The summed E-state index contributed by atoms with van der Waals surface area (Å²) in [6.45, 7) is 1.93. The van der Waals surface area contributed by atoms with Gasteiger partial charge in [-0.3, -0.25) is 4.68 Å². The van der Waals surface area contributed by atoms with Crippen LogP contribution >= 0.6 is 27.5 Å². The van der Waals surface area contributed by atoms with Crippen molar-refractivity contribution in [1.29, 1.82) is 0 Å². The minimum absolute atomic E-state index is 0.132. The lowest BCUT2D eigenvalue weighted by Crippen LogP contribution is -2.27. The fraction of sp³-hybridized carbons (Fsp3) is 0.357. The second-order valence-corrected chi connectivity index (χ2v) is 6.05. The Kier molecular flexibility index (Phi) is 4.83. The van der Waals surface area contributed by atoms with E-state index in [1.165, 1.54) is 6.07 Å². The molecule has 20 heavy (non-hydrogen) atoms. The summed E-state index contributed by atoms with van der Waals surface area (Å²) in [4.78, 5) is 0. The lowest BCUT2D eigenvalue weighted by molar-refractivity contribution is 0.571. The molecule has 1 aromatic carbocycles. The molecule has 2 rings (SSSR count). The van der Waals surface area contributed by atoms with Crippen molar-refractivity contribution in [2.75, 3.05) is 0 Å². The third-order valence-electron chi connectivity index (χ3n) is 3.23. The fourth-order valence-corrected chi connectivity index (χ4v) is 2.90. The first-order chi connectivity index (χ1) is 9.40. The molecule has 0 saturated heterocycles. The molecule has 1 heterocycles. The monoisotopic (exact) mass is 359 g/mol. The van der Waals surface area contributed by atoms with Crippen LogP contribution in [0.3, 0.4) is 0 Å². The Morgan fingerprint density at radius 3 is 2.75 bits per heavy atom. The van der Waals surface area contributed by atoms with Crippen molar-refractivity contribution in [3.8, 4) is 0 Å². The highest BCUT2D eigenvalue weighted by molar-refractivity contribution is 9.10. The second-order valence-electron chi connectivity index (χ2n) is 4.85. The van der Waals surface area contributed by atoms with E-state index in [1.807, 2.05) is 14.0 Å². The van der Waals surface area contributed by atoms with Gasteiger partial charge in [0.1, 0.15) is 5.82 Å². The third kappa shape index (κ3) is 3.22. The first-order valence-corrected chi connectivity index (χ1v) is 7.43. The topological polar surface area (TPSA) is 43.8 Å². The van der Waals surface area contributed by atoms with Crippen LogP contribution < -0.4 is 5.73 Å². The number of rotatable bonds is 4. The summed E-state index contributed by atoms with van der Waals surface area (Å²) in [5, 5.41) is 4.45. The number of aromatic nitrogens is 2. The molecule has 108 valence electrons. The van der Waals surface area contributed by atoms with E-state index < -0.39 is 0 Å². The normalized spacial score (nSPS) is 12.7. The molecule has 1 atom stereocenters. The first kappa shape index (κ1) is 15.5. The SMILES string of the molecule is Cc1nn(C)c(CC(N)Cc2cccc(Cl)c2F)c1Br. The van der Waals surface area contributed by atoms with Crippen LogP contribution in [0.5, 0.6) is 0 Å². The van der Waals surface area contributed by atoms with Crippen LogP contribution in [-0.2, 0) is 19.9 Å². The molecule has 3 nitrogen and oxygen atoms in total. The standard InChI is InChI=1S/C14H16BrClFN3/c1-8-13(15)12(20(2)19-8)7-10(18)6-9-4-3-5-11(16)14(9)17/h3-5,10H,6-7,18H2,1-2H3. The Bertz CT molecular complexity index is 627. The van der Waals surface area contributed by atoms with Gasteiger partial charge in [0.15, 0.2) is 0 Å². The van der Waals surface area contributed by atoms with Gasteiger partial charge in [0.25, 0.3) is 0 Å². The highest BCUT2D eigenvalue weighted by atomic mass is 79.9. The van der Waals surface area contributed by atoms with Gasteiger partial charge in [-0.1, -0.05) is 23.7 Å². The molecule has 0 aliphatic rings. The molecule has 0 amide bonds. The summed E-state index contributed by atoms with van der Waals surface area (Å²) in [5.41, 5.74) is 8.61. The van der Waals surface area contributed by atoms with Crippen molar-refractivity contribution in [3.63, 3.8) is 0 Å². The van der Waals surface area contributed by atoms with E-state index in [0.717, 1.165) is 15.9 Å². The van der Waals surface area contributed by atoms with Crippen LogP contribution in [0.25, 0.3) is 0 Å².